The van der Waals surface area contributed by atoms with Gasteiger partial charge in [0.1, 0.15) is 0 Å². The maximum Gasteiger partial charge on any atom is 0.251 e. The summed E-state index contributed by atoms with van der Waals surface area (Å²) >= 11 is 0. The molecule has 2 aromatic rings. The first kappa shape index (κ1) is 19.4. The molecule has 1 N–H and O–H groups in total. The van der Waals surface area contributed by atoms with Crippen molar-refractivity contribution in [2.45, 2.75) is 24.3 Å². The number of hydrogen-bond donors (Lipinski definition) is 1. The molecular formula is C20H25N3O3S. The third-order valence-corrected chi connectivity index (χ3v) is 6.64. The van der Waals surface area contributed by atoms with Crippen molar-refractivity contribution < 1.29 is 13.2 Å². The highest BCUT2D eigenvalue weighted by Crippen LogP contribution is 2.21. The number of benzene rings is 2. The molecule has 27 heavy (non-hydrogen) atoms. The molecule has 1 amide bonds. The molecule has 7 heteroatoms. The molecule has 3 rings (SSSR count). The van der Waals surface area contributed by atoms with Crippen molar-refractivity contribution >= 4 is 21.6 Å². The van der Waals surface area contributed by atoms with Crippen LogP contribution in [0.1, 0.15) is 28.8 Å². The second-order valence-corrected chi connectivity index (χ2v) is 8.82. The molecule has 0 unspecified atom stereocenters. The van der Waals surface area contributed by atoms with Crippen LogP contribution in [0, 0.1) is 0 Å². The predicted octanol–water partition coefficient (Wildman–Crippen LogP) is 2.47. The number of carbonyl (C=O) groups is 1. The van der Waals surface area contributed by atoms with Gasteiger partial charge in [0.05, 0.1) is 4.90 Å². The Labute approximate surface area is 160 Å². The van der Waals surface area contributed by atoms with Crippen molar-refractivity contribution in [2.24, 2.45) is 0 Å². The van der Waals surface area contributed by atoms with Gasteiger partial charge in [-0.05, 0) is 54.8 Å². The van der Waals surface area contributed by atoms with E-state index >= 15 is 0 Å². The van der Waals surface area contributed by atoms with E-state index in [1.54, 1.807) is 36.4 Å². The predicted molar refractivity (Wildman–Crippen MR) is 106 cm³/mol. The van der Waals surface area contributed by atoms with Crippen LogP contribution in [0.3, 0.4) is 0 Å². The van der Waals surface area contributed by atoms with Crippen LogP contribution in [0.15, 0.2) is 53.4 Å². The van der Waals surface area contributed by atoms with E-state index in [2.05, 4.69) is 5.32 Å². The molecule has 1 fully saturated rings. The van der Waals surface area contributed by atoms with Crippen LogP contribution >= 0.6 is 0 Å². The Morgan fingerprint density at radius 2 is 1.59 bits per heavy atom. The number of carbonyl (C=O) groups excluding carboxylic acids is 1. The Balaban J connectivity index is 1.60. The van der Waals surface area contributed by atoms with E-state index in [-0.39, 0.29) is 5.91 Å². The van der Waals surface area contributed by atoms with E-state index in [1.807, 2.05) is 31.1 Å². The van der Waals surface area contributed by atoms with Gasteiger partial charge < -0.3 is 10.2 Å². The second kappa shape index (κ2) is 8.10. The van der Waals surface area contributed by atoms with Gasteiger partial charge in [0.15, 0.2) is 0 Å². The van der Waals surface area contributed by atoms with Gasteiger partial charge in [0, 0.05) is 45.0 Å². The average molecular weight is 388 g/mol. The molecule has 0 radical (unpaired) electrons. The largest absolute Gasteiger partial charge is 0.378 e. The van der Waals surface area contributed by atoms with Gasteiger partial charge in [-0.25, -0.2) is 8.42 Å². The minimum Gasteiger partial charge on any atom is -0.378 e. The molecule has 0 saturated carbocycles. The molecule has 0 aromatic heterocycles. The summed E-state index contributed by atoms with van der Waals surface area (Å²) in [6.07, 6.45) is 1.83. The molecule has 0 aliphatic carbocycles. The Morgan fingerprint density at radius 3 is 2.15 bits per heavy atom. The fourth-order valence-corrected chi connectivity index (χ4v) is 4.57. The van der Waals surface area contributed by atoms with Crippen LogP contribution in [-0.2, 0) is 16.6 Å². The van der Waals surface area contributed by atoms with Gasteiger partial charge in [-0.2, -0.15) is 4.31 Å². The van der Waals surface area contributed by atoms with E-state index in [1.165, 1.54) is 4.31 Å². The van der Waals surface area contributed by atoms with Gasteiger partial charge in [-0.3, -0.25) is 4.79 Å². The van der Waals surface area contributed by atoms with Gasteiger partial charge in [0.2, 0.25) is 10.0 Å². The van der Waals surface area contributed by atoms with Crippen LogP contribution in [0.2, 0.25) is 0 Å². The van der Waals surface area contributed by atoms with Crippen molar-refractivity contribution in [1.82, 2.24) is 9.62 Å². The lowest BCUT2D eigenvalue weighted by Crippen LogP contribution is -2.28. The summed E-state index contributed by atoms with van der Waals surface area (Å²) in [5.74, 6) is -0.158. The summed E-state index contributed by atoms with van der Waals surface area (Å²) in [6, 6.07) is 14.1. The number of amides is 1. The lowest BCUT2D eigenvalue weighted by Gasteiger charge is -2.15. The number of anilines is 1. The third kappa shape index (κ3) is 4.48. The summed E-state index contributed by atoms with van der Waals surface area (Å²) in [4.78, 5) is 14.5. The molecular weight excluding hydrogens is 362 g/mol. The van der Waals surface area contributed by atoms with Crippen LogP contribution in [0.25, 0.3) is 0 Å². The van der Waals surface area contributed by atoms with Crippen molar-refractivity contribution in [3.63, 3.8) is 0 Å². The molecule has 2 aromatic carbocycles. The molecule has 1 aliphatic rings. The molecule has 144 valence electrons. The molecule has 1 saturated heterocycles. The zero-order valence-corrected chi connectivity index (χ0v) is 16.5. The fourth-order valence-electron chi connectivity index (χ4n) is 3.05. The summed E-state index contributed by atoms with van der Waals surface area (Å²) in [7, 11) is 0.495. The van der Waals surface area contributed by atoms with E-state index in [9.17, 15) is 13.2 Å². The summed E-state index contributed by atoms with van der Waals surface area (Å²) in [5.41, 5.74) is 2.48. The molecule has 0 bridgehead atoms. The van der Waals surface area contributed by atoms with Gasteiger partial charge in [-0.1, -0.05) is 12.1 Å². The monoisotopic (exact) mass is 387 g/mol. The van der Waals surface area contributed by atoms with Crippen molar-refractivity contribution in [3.8, 4) is 0 Å². The molecule has 6 nitrogen and oxygen atoms in total. The highest BCUT2D eigenvalue weighted by atomic mass is 32.2. The first-order chi connectivity index (χ1) is 12.9. The number of rotatable bonds is 6. The fraction of sp³-hybridized carbons (Fsp3) is 0.350. The van der Waals surface area contributed by atoms with Crippen molar-refractivity contribution in [3.05, 3.63) is 59.7 Å². The molecule has 1 aliphatic heterocycles. The van der Waals surface area contributed by atoms with Crippen LogP contribution in [0.5, 0.6) is 0 Å². The van der Waals surface area contributed by atoms with Gasteiger partial charge in [-0.15, -0.1) is 0 Å². The van der Waals surface area contributed by atoms with E-state index < -0.39 is 10.0 Å². The minimum atomic E-state index is -3.40. The topological polar surface area (TPSA) is 69.7 Å². The quantitative estimate of drug-likeness (QED) is 0.827. The van der Waals surface area contributed by atoms with E-state index in [0.717, 1.165) is 24.1 Å². The SMILES string of the molecule is CN(C)c1ccc(C(=O)NCc2ccc(S(=O)(=O)N3CCCC3)cc2)cc1. The number of sulfonamides is 1. The first-order valence-electron chi connectivity index (χ1n) is 9.02. The Hall–Kier alpha value is -2.38. The Kier molecular flexibility index (Phi) is 5.82. The average Bonchev–Trinajstić information content (AvgIpc) is 3.22. The Bertz CT molecular complexity index is 885. The van der Waals surface area contributed by atoms with Gasteiger partial charge in [0.25, 0.3) is 5.91 Å². The van der Waals surface area contributed by atoms with Crippen molar-refractivity contribution in [2.75, 3.05) is 32.1 Å². The van der Waals surface area contributed by atoms with E-state index in [0.29, 0.717) is 30.1 Å². The second-order valence-electron chi connectivity index (χ2n) is 6.88. The highest BCUT2D eigenvalue weighted by molar-refractivity contribution is 7.89. The molecule has 1 heterocycles. The summed E-state index contributed by atoms with van der Waals surface area (Å²) in [5, 5.41) is 2.86. The molecule has 0 atom stereocenters. The summed E-state index contributed by atoms with van der Waals surface area (Å²) < 4.78 is 26.6. The highest BCUT2D eigenvalue weighted by Gasteiger charge is 2.26. The smallest absolute Gasteiger partial charge is 0.251 e. The van der Waals surface area contributed by atoms with Crippen LogP contribution < -0.4 is 10.2 Å². The standard InChI is InChI=1S/C20H25N3O3S/c1-22(2)18-9-7-17(8-10-18)20(24)21-15-16-5-11-19(12-6-16)27(25,26)23-13-3-4-14-23/h5-12H,3-4,13-15H2,1-2H3,(H,21,24). The lowest BCUT2D eigenvalue weighted by molar-refractivity contribution is 0.0951. The first-order valence-corrected chi connectivity index (χ1v) is 10.5. The van der Waals surface area contributed by atoms with E-state index in [4.69, 9.17) is 0 Å². The summed E-state index contributed by atoms with van der Waals surface area (Å²) in [6.45, 7) is 1.53. The number of nitrogens with zero attached hydrogens (tertiary/aromatic N) is 2. The molecule has 0 spiro atoms. The zero-order chi connectivity index (χ0) is 19.4. The van der Waals surface area contributed by atoms with Crippen LogP contribution in [0.4, 0.5) is 5.69 Å². The van der Waals surface area contributed by atoms with Crippen LogP contribution in [-0.4, -0.2) is 45.8 Å². The minimum absolute atomic E-state index is 0.158. The number of hydrogen-bond acceptors (Lipinski definition) is 4. The zero-order valence-electron chi connectivity index (χ0n) is 15.7. The Morgan fingerprint density at radius 1 is 1.00 bits per heavy atom. The number of nitrogens with one attached hydrogen (secondary N) is 1. The van der Waals surface area contributed by atoms with Gasteiger partial charge >= 0.3 is 0 Å². The maximum atomic E-state index is 12.5. The van der Waals surface area contributed by atoms with Crippen molar-refractivity contribution in [1.29, 1.82) is 0 Å². The lowest BCUT2D eigenvalue weighted by atomic mass is 10.1. The third-order valence-electron chi connectivity index (χ3n) is 4.73. The maximum absolute atomic E-state index is 12.5. The normalized spacial score (nSPS) is 14.9.